The highest BCUT2D eigenvalue weighted by molar-refractivity contribution is 5.40. The summed E-state index contributed by atoms with van der Waals surface area (Å²) in [6.45, 7) is 1.27. The van der Waals surface area contributed by atoms with E-state index in [1.165, 1.54) is 0 Å². The van der Waals surface area contributed by atoms with Crippen molar-refractivity contribution in [1.82, 2.24) is 0 Å². The largest absolute Gasteiger partial charge is 0.462 e. The van der Waals surface area contributed by atoms with Crippen LogP contribution in [0, 0.1) is 0 Å². The fourth-order valence-electron chi connectivity index (χ4n) is 2.69. The predicted octanol–water partition coefficient (Wildman–Crippen LogP) is -0.690. The van der Waals surface area contributed by atoms with Crippen molar-refractivity contribution in [1.29, 1.82) is 0 Å². The molecule has 1 saturated heterocycles. The van der Waals surface area contributed by atoms with Gasteiger partial charge in [0.05, 0.1) is 13.2 Å². The zero-order valence-corrected chi connectivity index (χ0v) is 13.0. The Hall–Kier alpha value is -1.22. The summed E-state index contributed by atoms with van der Waals surface area (Å²) in [6, 6.07) is 5.28. The highest BCUT2D eigenvalue weighted by atomic mass is 16.7. The van der Waals surface area contributed by atoms with Gasteiger partial charge < -0.3 is 35.0 Å². The third kappa shape index (κ3) is 3.82. The van der Waals surface area contributed by atoms with Crippen LogP contribution in [0.1, 0.15) is 24.5 Å². The molecule has 5 N–H and O–H groups in total. The normalized spacial score (nSPS) is 31.1. The third-order valence-electron chi connectivity index (χ3n) is 4.00. The summed E-state index contributed by atoms with van der Waals surface area (Å²) in [7, 11) is 0. The molecule has 0 radical (unpaired) electrons. The van der Waals surface area contributed by atoms with Gasteiger partial charge in [-0.1, -0.05) is 25.5 Å². The highest BCUT2D eigenvalue weighted by Crippen LogP contribution is 2.28. The topological polar surface area (TPSA) is 120 Å². The molecule has 7 heteroatoms. The Morgan fingerprint density at radius 3 is 2.43 bits per heavy atom. The van der Waals surface area contributed by atoms with Gasteiger partial charge in [-0.15, -0.1) is 0 Å². The van der Waals surface area contributed by atoms with E-state index in [-0.39, 0.29) is 6.61 Å². The lowest BCUT2D eigenvalue weighted by Gasteiger charge is -2.39. The minimum absolute atomic E-state index is 0.233. The second-order valence-corrected chi connectivity index (χ2v) is 5.62. The summed E-state index contributed by atoms with van der Waals surface area (Å²) in [4.78, 5) is 0. The summed E-state index contributed by atoms with van der Waals surface area (Å²) in [5.74, 6) is 0.336. The average molecular weight is 328 g/mol. The van der Waals surface area contributed by atoms with Gasteiger partial charge in [-0.05, 0) is 18.1 Å². The van der Waals surface area contributed by atoms with Crippen LogP contribution in [0.3, 0.4) is 0 Å². The fourth-order valence-corrected chi connectivity index (χ4v) is 2.69. The predicted molar refractivity (Wildman–Crippen MR) is 80.8 cm³/mol. The first kappa shape index (κ1) is 18.1. The zero-order chi connectivity index (χ0) is 17.0. The highest BCUT2D eigenvalue weighted by Gasteiger charge is 2.44. The molecule has 1 heterocycles. The van der Waals surface area contributed by atoms with E-state index in [1.54, 1.807) is 12.1 Å². The quantitative estimate of drug-likeness (QED) is 0.469. The summed E-state index contributed by atoms with van der Waals surface area (Å²) >= 11 is 0. The average Bonchev–Trinajstić information content (AvgIpc) is 2.56. The molecule has 0 aliphatic carbocycles. The summed E-state index contributed by atoms with van der Waals surface area (Å²) in [6.07, 6.45) is -5.03. The van der Waals surface area contributed by atoms with Gasteiger partial charge in [0.25, 0.3) is 0 Å². The lowest BCUT2D eigenvalue weighted by Crippen LogP contribution is -2.60. The van der Waals surface area contributed by atoms with Crippen molar-refractivity contribution in [3.8, 4) is 5.75 Å². The van der Waals surface area contributed by atoms with Gasteiger partial charge in [0.1, 0.15) is 30.2 Å². The van der Waals surface area contributed by atoms with E-state index in [9.17, 15) is 25.5 Å². The minimum atomic E-state index is -1.50. The van der Waals surface area contributed by atoms with Crippen LogP contribution in [0.5, 0.6) is 5.75 Å². The number of rotatable bonds is 6. The van der Waals surface area contributed by atoms with Crippen molar-refractivity contribution < 1.29 is 35.0 Å². The molecule has 0 saturated carbocycles. The molecule has 1 aliphatic rings. The van der Waals surface area contributed by atoms with Crippen LogP contribution in [0.2, 0.25) is 0 Å². The van der Waals surface area contributed by atoms with Gasteiger partial charge in [0, 0.05) is 5.56 Å². The molecular formula is C16H24O7. The van der Waals surface area contributed by atoms with Crippen LogP contribution >= 0.6 is 0 Å². The van der Waals surface area contributed by atoms with Crippen molar-refractivity contribution in [3.63, 3.8) is 0 Å². The van der Waals surface area contributed by atoms with Crippen molar-refractivity contribution in [2.24, 2.45) is 0 Å². The molecule has 2 rings (SSSR count). The van der Waals surface area contributed by atoms with Crippen LogP contribution in [-0.4, -0.2) is 62.8 Å². The number of ether oxygens (including phenoxy) is 2. The first-order valence-electron chi connectivity index (χ1n) is 7.72. The summed E-state index contributed by atoms with van der Waals surface area (Å²) in [5, 5.41) is 48.4. The van der Waals surface area contributed by atoms with Crippen LogP contribution in [-0.2, 0) is 17.8 Å². The molecule has 1 aliphatic heterocycles. The van der Waals surface area contributed by atoms with E-state index in [4.69, 9.17) is 9.47 Å². The van der Waals surface area contributed by atoms with Gasteiger partial charge in [0.2, 0.25) is 6.29 Å². The van der Waals surface area contributed by atoms with Crippen molar-refractivity contribution in [2.75, 3.05) is 6.61 Å². The van der Waals surface area contributed by atoms with Gasteiger partial charge in [-0.2, -0.15) is 0 Å². The van der Waals surface area contributed by atoms with Gasteiger partial charge in [0.15, 0.2) is 0 Å². The van der Waals surface area contributed by atoms with Crippen LogP contribution in [0.15, 0.2) is 18.2 Å². The van der Waals surface area contributed by atoms with E-state index >= 15 is 0 Å². The first-order valence-corrected chi connectivity index (χ1v) is 7.72. The Bertz CT molecular complexity index is 505. The maximum Gasteiger partial charge on any atom is 0.229 e. The Labute approximate surface area is 134 Å². The van der Waals surface area contributed by atoms with Crippen LogP contribution in [0.4, 0.5) is 0 Å². The summed E-state index contributed by atoms with van der Waals surface area (Å²) < 4.78 is 10.9. The molecule has 23 heavy (non-hydrogen) atoms. The van der Waals surface area contributed by atoms with Crippen molar-refractivity contribution in [2.45, 2.75) is 57.1 Å². The standard InChI is InChI=1S/C16H24O7/c1-2-4-9-5-3-6-11(10(9)7-17)22-16-15(21)14(20)13(19)12(8-18)23-16/h3,5-6,12-21H,2,4,7-8H2,1H3. The fraction of sp³-hybridized carbons (Fsp3) is 0.625. The number of benzene rings is 1. The van der Waals surface area contributed by atoms with E-state index in [2.05, 4.69) is 0 Å². The van der Waals surface area contributed by atoms with E-state index in [0.29, 0.717) is 11.3 Å². The lowest BCUT2D eigenvalue weighted by atomic mass is 9.99. The molecule has 1 aromatic carbocycles. The monoisotopic (exact) mass is 328 g/mol. The Morgan fingerprint density at radius 1 is 1.09 bits per heavy atom. The van der Waals surface area contributed by atoms with Gasteiger partial charge in [-0.3, -0.25) is 0 Å². The molecule has 0 spiro atoms. The van der Waals surface area contributed by atoms with E-state index < -0.39 is 37.3 Å². The second-order valence-electron chi connectivity index (χ2n) is 5.62. The minimum Gasteiger partial charge on any atom is -0.462 e. The number of aryl methyl sites for hydroxylation is 1. The molecule has 130 valence electrons. The van der Waals surface area contributed by atoms with E-state index in [1.807, 2.05) is 13.0 Å². The van der Waals surface area contributed by atoms with E-state index in [0.717, 1.165) is 18.4 Å². The van der Waals surface area contributed by atoms with Crippen molar-refractivity contribution in [3.05, 3.63) is 29.3 Å². The first-order chi connectivity index (χ1) is 11.0. The maximum absolute atomic E-state index is 10.0. The Balaban J connectivity index is 2.22. The van der Waals surface area contributed by atoms with Gasteiger partial charge >= 0.3 is 0 Å². The lowest BCUT2D eigenvalue weighted by molar-refractivity contribution is -0.277. The summed E-state index contributed by atoms with van der Waals surface area (Å²) in [5.41, 5.74) is 1.52. The number of aliphatic hydroxyl groups excluding tert-OH is 5. The van der Waals surface area contributed by atoms with Crippen LogP contribution < -0.4 is 4.74 Å². The van der Waals surface area contributed by atoms with Gasteiger partial charge in [-0.25, -0.2) is 0 Å². The molecular weight excluding hydrogens is 304 g/mol. The molecule has 0 amide bonds. The number of aliphatic hydroxyl groups is 5. The molecule has 1 aromatic rings. The number of hydrogen-bond acceptors (Lipinski definition) is 7. The maximum atomic E-state index is 10.0. The second kappa shape index (κ2) is 8.05. The smallest absolute Gasteiger partial charge is 0.229 e. The SMILES string of the molecule is CCCc1cccc(OC2OC(CO)C(O)C(O)C2O)c1CO. The molecule has 0 bridgehead atoms. The van der Waals surface area contributed by atoms with Crippen LogP contribution in [0.25, 0.3) is 0 Å². The van der Waals surface area contributed by atoms with Crippen molar-refractivity contribution >= 4 is 0 Å². The third-order valence-corrected chi connectivity index (χ3v) is 4.00. The molecule has 5 atom stereocenters. The Morgan fingerprint density at radius 2 is 1.83 bits per heavy atom. The molecule has 7 nitrogen and oxygen atoms in total. The molecule has 5 unspecified atom stereocenters. The molecule has 0 aromatic heterocycles. The number of hydrogen-bond donors (Lipinski definition) is 5. The zero-order valence-electron chi connectivity index (χ0n) is 13.0. The molecule has 1 fully saturated rings. The Kier molecular flexibility index (Phi) is 6.34.